The van der Waals surface area contributed by atoms with Crippen LogP contribution in [-0.4, -0.2) is 24.6 Å². The van der Waals surface area contributed by atoms with E-state index in [0.29, 0.717) is 11.0 Å². The van der Waals surface area contributed by atoms with E-state index in [4.69, 9.17) is 4.74 Å². The van der Waals surface area contributed by atoms with Crippen LogP contribution in [-0.2, 0) is 11.3 Å². The Morgan fingerprint density at radius 1 is 1.22 bits per heavy atom. The minimum Gasteiger partial charge on any atom is -0.465 e. The van der Waals surface area contributed by atoms with E-state index in [-0.39, 0.29) is 5.97 Å². The fourth-order valence-electron chi connectivity index (χ4n) is 5.73. The van der Waals surface area contributed by atoms with Crippen molar-refractivity contribution in [2.24, 2.45) is 23.2 Å². The summed E-state index contributed by atoms with van der Waals surface area (Å²) >= 11 is 0. The number of nitrogens with one attached hydrogen (secondary N) is 1. The molecule has 23 heavy (non-hydrogen) atoms. The topological polar surface area (TPSA) is 51.2 Å². The third-order valence-corrected chi connectivity index (χ3v) is 6.22. The lowest BCUT2D eigenvalue weighted by molar-refractivity contribution is -0.0514. The Kier molecular flexibility index (Phi) is 3.88. The molecule has 1 aromatic rings. The molecule has 0 atom stereocenters. The zero-order valence-corrected chi connectivity index (χ0v) is 13.9. The molecule has 4 saturated carbocycles. The number of carbonyl (C=O) groups excluding carboxylic acids is 1. The highest BCUT2D eigenvalue weighted by atomic mass is 16.5. The van der Waals surface area contributed by atoms with Gasteiger partial charge in [-0.1, -0.05) is 0 Å². The molecule has 4 heteroatoms. The lowest BCUT2D eigenvalue weighted by Gasteiger charge is -2.57. The molecule has 5 rings (SSSR count). The van der Waals surface area contributed by atoms with Gasteiger partial charge in [0.05, 0.1) is 18.4 Å². The Morgan fingerprint density at radius 3 is 2.39 bits per heavy atom. The van der Waals surface area contributed by atoms with E-state index in [9.17, 15) is 4.79 Å². The zero-order valence-electron chi connectivity index (χ0n) is 13.9. The van der Waals surface area contributed by atoms with Crippen LogP contribution in [0.2, 0.25) is 0 Å². The van der Waals surface area contributed by atoms with Crippen LogP contribution in [0.15, 0.2) is 18.3 Å². The average molecular weight is 314 g/mol. The van der Waals surface area contributed by atoms with E-state index in [2.05, 4.69) is 10.3 Å². The summed E-state index contributed by atoms with van der Waals surface area (Å²) in [5.41, 5.74) is 2.06. The van der Waals surface area contributed by atoms with Crippen LogP contribution in [0.25, 0.3) is 0 Å². The second-order valence-corrected chi connectivity index (χ2v) is 8.05. The molecule has 0 amide bonds. The summed E-state index contributed by atoms with van der Waals surface area (Å²) in [4.78, 5) is 15.8. The Labute approximate surface area is 138 Å². The summed E-state index contributed by atoms with van der Waals surface area (Å²) in [6.07, 6.45) is 10.4. The molecule has 0 aromatic carbocycles. The van der Waals surface area contributed by atoms with Crippen molar-refractivity contribution in [1.29, 1.82) is 0 Å². The zero-order chi connectivity index (χ0) is 15.9. The van der Waals surface area contributed by atoms with Crippen molar-refractivity contribution in [1.82, 2.24) is 10.3 Å². The Hall–Kier alpha value is -1.42. The minimum atomic E-state index is -0.328. The van der Waals surface area contributed by atoms with Crippen molar-refractivity contribution in [3.63, 3.8) is 0 Å². The van der Waals surface area contributed by atoms with Crippen LogP contribution in [0.3, 0.4) is 0 Å². The van der Waals surface area contributed by atoms with Crippen LogP contribution in [0, 0.1) is 23.2 Å². The van der Waals surface area contributed by atoms with E-state index in [1.807, 2.05) is 6.07 Å². The van der Waals surface area contributed by atoms with E-state index < -0.39 is 0 Å². The molecule has 4 fully saturated rings. The number of carbonyl (C=O) groups is 1. The second kappa shape index (κ2) is 5.90. The molecule has 4 aliphatic carbocycles. The van der Waals surface area contributed by atoms with E-state index in [0.717, 1.165) is 36.5 Å². The van der Waals surface area contributed by atoms with Crippen LogP contribution in [0.5, 0.6) is 0 Å². The highest BCUT2D eigenvalue weighted by molar-refractivity contribution is 5.88. The first kappa shape index (κ1) is 15.1. The fourth-order valence-corrected chi connectivity index (χ4v) is 5.73. The Bertz CT molecular complexity index is 546. The SMILES string of the molecule is COC(=O)c1ccc(CNCC23CC4CC(CC(C4)C2)C3)nc1. The third-order valence-electron chi connectivity index (χ3n) is 6.22. The summed E-state index contributed by atoms with van der Waals surface area (Å²) in [5.74, 6) is 2.67. The molecule has 4 nitrogen and oxygen atoms in total. The summed E-state index contributed by atoms with van der Waals surface area (Å²) < 4.78 is 4.70. The molecular weight excluding hydrogens is 288 g/mol. The highest BCUT2D eigenvalue weighted by Crippen LogP contribution is 2.59. The number of hydrogen-bond acceptors (Lipinski definition) is 4. The van der Waals surface area contributed by atoms with Gasteiger partial charge < -0.3 is 10.1 Å². The number of rotatable bonds is 5. The summed E-state index contributed by atoms with van der Waals surface area (Å²) in [7, 11) is 1.39. The molecule has 0 aliphatic heterocycles. The number of ether oxygens (including phenoxy) is 1. The van der Waals surface area contributed by atoms with Crippen LogP contribution < -0.4 is 5.32 Å². The van der Waals surface area contributed by atoms with Crippen LogP contribution in [0.4, 0.5) is 0 Å². The van der Waals surface area contributed by atoms with E-state index >= 15 is 0 Å². The number of esters is 1. The molecule has 0 spiro atoms. The molecule has 0 unspecified atom stereocenters. The first-order valence-corrected chi connectivity index (χ1v) is 8.90. The predicted octanol–water partition coefficient (Wildman–Crippen LogP) is 3.17. The van der Waals surface area contributed by atoms with Gasteiger partial charge in [-0.15, -0.1) is 0 Å². The Morgan fingerprint density at radius 2 is 1.87 bits per heavy atom. The predicted molar refractivity (Wildman–Crippen MR) is 87.9 cm³/mol. The van der Waals surface area contributed by atoms with Gasteiger partial charge in [0.15, 0.2) is 0 Å². The monoisotopic (exact) mass is 314 g/mol. The molecule has 0 radical (unpaired) electrons. The van der Waals surface area contributed by atoms with Gasteiger partial charge in [-0.2, -0.15) is 0 Å². The van der Waals surface area contributed by atoms with Gasteiger partial charge in [-0.05, 0) is 73.8 Å². The van der Waals surface area contributed by atoms with Crippen molar-refractivity contribution < 1.29 is 9.53 Å². The van der Waals surface area contributed by atoms with Crippen molar-refractivity contribution >= 4 is 5.97 Å². The van der Waals surface area contributed by atoms with E-state index in [1.165, 1.54) is 45.6 Å². The minimum absolute atomic E-state index is 0.328. The van der Waals surface area contributed by atoms with E-state index in [1.54, 1.807) is 12.3 Å². The molecule has 124 valence electrons. The maximum Gasteiger partial charge on any atom is 0.339 e. The summed E-state index contributed by atoms with van der Waals surface area (Å²) in [5, 5.41) is 3.64. The summed E-state index contributed by atoms with van der Waals surface area (Å²) in [6, 6.07) is 3.71. The average Bonchev–Trinajstić information content (AvgIpc) is 2.53. The standard InChI is InChI=1S/C19H26N2O2/c1-23-18(22)16-2-3-17(21-10-16)11-20-12-19-7-13-4-14(8-19)6-15(5-13)9-19/h2-3,10,13-15,20H,4-9,11-12H2,1H3. The smallest absolute Gasteiger partial charge is 0.339 e. The van der Waals surface area contributed by atoms with Gasteiger partial charge in [-0.25, -0.2) is 4.79 Å². The largest absolute Gasteiger partial charge is 0.465 e. The summed E-state index contributed by atoms with van der Waals surface area (Å²) in [6.45, 7) is 1.90. The normalized spacial score (nSPS) is 34.6. The quantitative estimate of drug-likeness (QED) is 0.848. The number of hydrogen-bond donors (Lipinski definition) is 1. The van der Waals surface area contributed by atoms with Gasteiger partial charge >= 0.3 is 5.97 Å². The highest BCUT2D eigenvalue weighted by Gasteiger charge is 2.50. The van der Waals surface area contributed by atoms with Crippen LogP contribution in [0.1, 0.15) is 54.6 Å². The fraction of sp³-hybridized carbons (Fsp3) is 0.684. The number of aromatic nitrogens is 1. The third kappa shape index (κ3) is 3.01. The van der Waals surface area contributed by atoms with Crippen molar-refractivity contribution in [2.75, 3.05) is 13.7 Å². The number of nitrogens with zero attached hydrogens (tertiary/aromatic N) is 1. The van der Waals surface area contributed by atoms with Crippen LogP contribution >= 0.6 is 0 Å². The first-order valence-electron chi connectivity index (χ1n) is 8.90. The van der Waals surface area contributed by atoms with Gasteiger partial charge in [0.1, 0.15) is 0 Å². The molecule has 1 N–H and O–H groups in total. The molecule has 4 aliphatic rings. The lowest BCUT2D eigenvalue weighted by Crippen LogP contribution is -2.50. The van der Waals surface area contributed by atoms with Crippen molar-refractivity contribution in [3.05, 3.63) is 29.6 Å². The second-order valence-electron chi connectivity index (χ2n) is 8.05. The number of pyridine rings is 1. The molecule has 0 saturated heterocycles. The molecule has 1 aromatic heterocycles. The van der Waals surface area contributed by atoms with Crippen molar-refractivity contribution in [3.8, 4) is 0 Å². The van der Waals surface area contributed by atoms with Crippen molar-refractivity contribution in [2.45, 2.75) is 45.1 Å². The maximum atomic E-state index is 11.4. The number of methoxy groups -OCH3 is 1. The first-order chi connectivity index (χ1) is 11.2. The Balaban J connectivity index is 1.33. The maximum absolute atomic E-state index is 11.4. The molecule has 4 bridgehead atoms. The van der Waals surface area contributed by atoms with Gasteiger partial charge in [0.25, 0.3) is 0 Å². The molecular formula is C19H26N2O2. The molecule has 1 heterocycles. The van der Waals surface area contributed by atoms with Gasteiger partial charge in [0.2, 0.25) is 0 Å². The lowest BCUT2D eigenvalue weighted by atomic mass is 9.49. The van der Waals surface area contributed by atoms with Gasteiger partial charge in [0, 0.05) is 19.3 Å². The van der Waals surface area contributed by atoms with Gasteiger partial charge in [-0.3, -0.25) is 4.98 Å².